The van der Waals surface area contributed by atoms with Crippen molar-refractivity contribution in [2.75, 3.05) is 11.5 Å². The summed E-state index contributed by atoms with van der Waals surface area (Å²) in [4.78, 5) is 41.5. The van der Waals surface area contributed by atoms with Crippen molar-refractivity contribution in [2.24, 2.45) is 5.92 Å². The minimum atomic E-state index is -2.05. The molecule has 40 heavy (non-hydrogen) atoms. The van der Waals surface area contributed by atoms with Crippen LogP contribution >= 0.6 is 0 Å². The highest BCUT2D eigenvalue weighted by molar-refractivity contribution is 6.07. The van der Waals surface area contributed by atoms with Gasteiger partial charge in [-0.2, -0.15) is 0 Å². The molecule has 6 rings (SSSR count). The smallest absolute Gasteiger partial charge is 0.330 e. The predicted octanol–water partition coefficient (Wildman–Crippen LogP) is 0.161. The molecular weight excluding hydrogens is 520 g/mol. The fraction of sp³-hybridized carbons (Fsp3) is 0.519. The van der Waals surface area contributed by atoms with E-state index in [1.54, 1.807) is 25.3 Å². The molecule has 5 atom stereocenters. The SMILES string of the molecule is Cc1ccc2c(c1)C(O)(C(O)CC1CC1)C(=O)N2Cc1cn(C2CC(n3cc(C)c(=O)[nH]c3=O)OC2CO)nn1. The van der Waals surface area contributed by atoms with Crippen LogP contribution in [0.4, 0.5) is 5.69 Å². The van der Waals surface area contributed by atoms with Crippen LogP contribution in [-0.4, -0.2) is 64.6 Å². The number of aromatic amines is 1. The topological polar surface area (TPSA) is 176 Å². The first-order chi connectivity index (χ1) is 19.1. The normalized spacial score (nSPS) is 26.9. The van der Waals surface area contributed by atoms with Gasteiger partial charge in [0, 0.05) is 23.7 Å². The van der Waals surface area contributed by atoms with Crippen LogP contribution in [0.5, 0.6) is 0 Å². The third-order valence-electron chi connectivity index (χ3n) is 8.22. The maximum Gasteiger partial charge on any atom is 0.330 e. The second-order valence-electron chi connectivity index (χ2n) is 11.2. The molecule has 1 amide bonds. The number of nitrogens with zero attached hydrogens (tertiary/aromatic N) is 5. The molecule has 1 aliphatic carbocycles. The van der Waals surface area contributed by atoms with E-state index in [0.717, 1.165) is 18.4 Å². The summed E-state index contributed by atoms with van der Waals surface area (Å²) >= 11 is 0. The summed E-state index contributed by atoms with van der Waals surface area (Å²) in [6.07, 6.45) is 2.98. The molecule has 13 heteroatoms. The zero-order chi connectivity index (χ0) is 28.3. The van der Waals surface area contributed by atoms with E-state index in [4.69, 9.17) is 4.74 Å². The van der Waals surface area contributed by atoms with Crippen LogP contribution in [0.25, 0.3) is 0 Å². The van der Waals surface area contributed by atoms with Gasteiger partial charge >= 0.3 is 5.69 Å². The number of amides is 1. The number of benzene rings is 1. The number of carbonyl (C=O) groups excluding carboxylic acids is 1. The molecule has 0 radical (unpaired) electrons. The Labute approximate surface area is 228 Å². The second-order valence-corrected chi connectivity index (χ2v) is 11.2. The van der Waals surface area contributed by atoms with Gasteiger partial charge < -0.3 is 25.0 Å². The Morgan fingerprint density at radius 3 is 2.70 bits per heavy atom. The number of fused-ring (bicyclic) bond motifs is 1. The summed E-state index contributed by atoms with van der Waals surface area (Å²) in [6.45, 7) is 3.12. The van der Waals surface area contributed by atoms with Gasteiger partial charge in [-0.15, -0.1) is 5.10 Å². The van der Waals surface area contributed by atoms with E-state index in [1.165, 1.54) is 20.3 Å². The lowest BCUT2D eigenvalue weighted by Gasteiger charge is -2.28. The first-order valence-electron chi connectivity index (χ1n) is 13.4. The lowest BCUT2D eigenvalue weighted by molar-refractivity contribution is -0.150. The highest BCUT2D eigenvalue weighted by Gasteiger charge is 2.55. The molecule has 4 N–H and O–H groups in total. The van der Waals surface area contributed by atoms with E-state index in [0.29, 0.717) is 34.8 Å². The van der Waals surface area contributed by atoms with Crippen molar-refractivity contribution in [2.45, 2.75) is 76.2 Å². The summed E-state index contributed by atoms with van der Waals surface area (Å²) in [5.74, 6) is -0.303. The van der Waals surface area contributed by atoms with Crippen molar-refractivity contribution in [1.82, 2.24) is 24.5 Å². The van der Waals surface area contributed by atoms with Crippen LogP contribution < -0.4 is 16.1 Å². The minimum Gasteiger partial charge on any atom is -0.394 e. The third kappa shape index (κ3) is 4.38. The Morgan fingerprint density at radius 1 is 1.20 bits per heavy atom. The number of aromatic nitrogens is 5. The summed E-state index contributed by atoms with van der Waals surface area (Å²) < 4.78 is 8.74. The first kappa shape index (κ1) is 26.6. The average molecular weight is 553 g/mol. The van der Waals surface area contributed by atoms with Crippen LogP contribution in [0.1, 0.15) is 60.3 Å². The van der Waals surface area contributed by atoms with E-state index in [-0.39, 0.29) is 19.6 Å². The average Bonchev–Trinajstić information content (AvgIpc) is 3.37. The molecule has 212 valence electrons. The number of aliphatic hydroxyl groups excluding tert-OH is 2. The van der Waals surface area contributed by atoms with Crippen molar-refractivity contribution < 1.29 is 24.9 Å². The fourth-order valence-corrected chi connectivity index (χ4v) is 5.78. The van der Waals surface area contributed by atoms with Crippen molar-refractivity contribution >= 4 is 11.6 Å². The maximum absolute atomic E-state index is 13.6. The van der Waals surface area contributed by atoms with Gasteiger partial charge in [0.05, 0.1) is 37.2 Å². The lowest BCUT2D eigenvalue weighted by atomic mass is 9.86. The largest absolute Gasteiger partial charge is 0.394 e. The molecule has 0 bridgehead atoms. The number of anilines is 1. The Bertz CT molecular complexity index is 1580. The van der Waals surface area contributed by atoms with Crippen molar-refractivity contribution in [3.8, 4) is 0 Å². The maximum atomic E-state index is 13.6. The Balaban J connectivity index is 1.25. The zero-order valence-corrected chi connectivity index (χ0v) is 22.2. The van der Waals surface area contributed by atoms with Gasteiger partial charge in [-0.3, -0.25) is 19.1 Å². The van der Waals surface area contributed by atoms with Crippen LogP contribution in [0.3, 0.4) is 0 Å². The van der Waals surface area contributed by atoms with Crippen molar-refractivity contribution in [3.63, 3.8) is 0 Å². The molecule has 1 saturated carbocycles. The number of aryl methyl sites for hydroxylation is 2. The summed E-state index contributed by atoms with van der Waals surface area (Å²) in [5, 5.41) is 41.0. The summed E-state index contributed by atoms with van der Waals surface area (Å²) in [5.41, 5.74) is -0.609. The van der Waals surface area contributed by atoms with Gasteiger partial charge in [0.15, 0.2) is 5.60 Å². The number of aliphatic hydroxyl groups is 3. The third-order valence-corrected chi connectivity index (χ3v) is 8.22. The zero-order valence-electron chi connectivity index (χ0n) is 22.2. The van der Waals surface area contributed by atoms with Gasteiger partial charge in [-0.25, -0.2) is 9.48 Å². The Hall–Kier alpha value is -3.65. The first-order valence-corrected chi connectivity index (χ1v) is 13.4. The lowest BCUT2D eigenvalue weighted by Crippen LogP contribution is -2.48. The van der Waals surface area contributed by atoms with E-state index in [2.05, 4.69) is 15.3 Å². The number of hydrogen-bond donors (Lipinski definition) is 4. The van der Waals surface area contributed by atoms with Gasteiger partial charge in [-0.05, 0) is 32.3 Å². The number of nitrogens with one attached hydrogen (secondary N) is 1. The quantitative estimate of drug-likeness (QED) is 0.303. The minimum absolute atomic E-state index is 0.00667. The number of carbonyl (C=O) groups is 1. The molecule has 3 aromatic rings. The fourth-order valence-electron chi connectivity index (χ4n) is 5.78. The molecule has 13 nitrogen and oxygen atoms in total. The molecule has 5 unspecified atom stereocenters. The molecule has 0 spiro atoms. The standard InChI is InChI=1S/C27H32N6O7/c1-14-3-6-19-18(7-14)27(39,22(35)8-16-4-5-16)25(37)31(19)11-17-12-33(30-29-17)20-9-23(40-21(20)13-34)32-10-15(2)24(36)28-26(32)38/h3,6-7,10,12,16,20-23,34-35,39H,4-5,8-9,11,13H2,1-2H3,(H,28,36,38). The van der Waals surface area contributed by atoms with Gasteiger partial charge in [0.25, 0.3) is 11.5 Å². The molecule has 1 aromatic carbocycles. The number of H-pyrrole nitrogens is 1. The summed E-state index contributed by atoms with van der Waals surface area (Å²) in [6, 6.07) is 4.87. The molecule has 2 fully saturated rings. The summed E-state index contributed by atoms with van der Waals surface area (Å²) in [7, 11) is 0. The van der Waals surface area contributed by atoms with E-state index in [1.807, 2.05) is 13.0 Å². The van der Waals surface area contributed by atoms with E-state index >= 15 is 0 Å². The van der Waals surface area contributed by atoms with Gasteiger partial charge in [0.2, 0.25) is 0 Å². The van der Waals surface area contributed by atoms with Crippen molar-refractivity contribution in [1.29, 1.82) is 0 Å². The highest BCUT2D eigenvalue weighted by Crippen LogP contribution is 2.47. The second kappa shape index (κ2) is 9.77. The molecular formula is C27H32N6O7. The molecule has 2 aromatic heterocycles. The number of ether oxygens (including phenoxy) is 1. The van der Waals surface area contributed by atoms with E-state index in [9.17, 15) is 29.7 Å². The van der Waals surface area contributed by atoms with Gasteiger partial charge in [-0.1, -0.05) is 35.8 Å². The number of rotatable bonds is 8. The van der Waals surface area contributed by atoms with E-state index < -0.39 is 47.2 Å². The van der Waals surface area contributed by atoms with Crippen LogP contribution in [0, 0.1) is 19.8 Å². The van der Waals surface area contributed by atoms with Crippen LogP contribution in [0.2, 0.25) is 0 Å². The molecule has 2 aliphatic heterocycles. The Morgan fingerprint density at radius 2 is 1.98 bits per heavy atom. The molecule has 3 aliphatic rings. The van der Waals surface area contributed by atoms with Crippen LogP contribution in [0.15, 0.2) is 40.2 Å². The predicted molar refractivity (Wildman–Crippen MR) is 140 cm³/mol. The highest BCUT2D eigenvalue weighted by atomic mass is 16.5. The van der Waals surface area contributed by atoms with Crippen molar-refractivity contribution in [3.05, 3.63) is 73.8 Å². The number of hydrogen-bond acceptors (Lipinski definition) is 9. The molecule has 1 saturated heterocycles. The van der Waals surface area contributed by atoms with Gasteiger partial charge in [0.1, 0.15) is 18.0 Å². The Kier molecular flexibility index (Phi) is 6.49. The monoisotopic (exact) mass is 552 g/mol. The van der Waals surface area contributed by atoms with Crippen LogP contribution in [-0.2, 0) is 21.7 Å². The molecule has 4 heterocycles.